The molecule has 0 saturated carbocycles. The molecule has 6 nitrogen and oxygen atoms in total. The molecule has 0 fully saturated rings. The van der Waals surface area contributed by atoms with Gasteiger partial charge in [0.05, 0.1) is 23.0 Å². The fourth-order valence-corrected chi connectivity index (χ4v) is 2.16. The number of amides is 1. The van der Waals surface area contributed by atoms with Crippen LogP contribution in [-0.2, 0) is 20.6 Å². The lowest BCUT2D eigenvalue weighted by Crippen LogP contribution is -2.29. The molecule has 19 heavy (non-hydrogen) atoms. The minimum absolute atomic E-state index is 0.158. The molecule has 2 aromatic rings. The quantitative estimate of drug-likeness (QED) is 0.854. The molecule has 2 heterocycles. The monoisotopic (exact) mass is 281 g/mol. The van der Waals surface area contributed by atoms with Crippen molar-refractivity contribution in [2.75, 3.05) is 7.05 Å². The van der Waals surface area contributed by atoms with Gasteiger partial charge in [-0.2, -0.15) is 10.2 Å². The number of rotatable bonds is 3. The lowest BCUT2D eigenvalue weighted by Gasteiger charge is -2.17. The van der Waals surface area contributed by atoms with E-state index in [9.17, 15) is 4.79 Å². The molecule has 102 valence electrons. The zero-order valence-electron chi connectivity index (χ0n) is 11.4. The van der Waals surface area contributed by atoms with Crippen molar-refractivity contribution in [3.05, 3.63) is 34.4 Å². The van der Waals surface area contributed by atoms with Crippen LogP contribution in [-0.4, -0.2) is 37.4 Å². The zero-order valence-corrected chi connectivity index (χ0v) is 12.1. The normalized spacial score (nSPS) is 10.8. The number of nitrogens with zero attached hydrogens (tertiary/aromatic N) is 5. The molecule has 7 heteroatoms. The summed E-state index contributed by atoms with van der Waals surface area (Å²) >= 11 is 6.12. The van der Waals surface area contributed by atoms with Crippen LogP contribution in [0, 0.1) is 6.92 Å². The largest absolute Gasteiger partial charge is 0.334 e. The minimum Gasteiger partial charge on any atom is -0.334 e. The van der Waals surface area contributed by atoms with Crippen LogP contribution in [0.2, 0.25) is 5.02 Å². The van der Waals surface area contributed by atoms with Crippen LogP contribution in [0.5, 0.6) is 0 Å². The third-order valence-corrected chi connectivity index (χ3v) is 3.47. The molecule has 0 aliphatic heterocycles. The van der Waals surface area contributed by atoms with Crippen LogP contribution in [0.25, 0.3) is 0 Å². The molecule has 2 aromatic heterocycles. The zero-order chi connectivity index (χ0) is 14.2. The van der Waals surface area contributed by atoms with Crippen molar-refractivity contribution < 1.29 is 4.79 Å². The Morgan fingerprint density at radius 3 is 2.58 bits per heavy atom. The van der Waals surface area contributed by atoms with Gasteiger partial charge in [-0.1, -0.05) is 11.6 Å². The molecule has 0 bridgehead atoms. The maximum atomic E-state index is 12.4. The highest BCUT2D eigenvalue weighted by Gasteiger charge is 2.22. The van der Waals surface area contributed by atoms with Gasteiger partial charge in [0.15, 0.2) is 0 Å². The molecule has 0 aliphatic carbocycles. The summed E-state index contributed by atoms with van der Waals surface area (Å²) in [6, 6.07) is 1.87. The third kappa shape index (κ3) is 2.49. The maximum absolute atomic E-state index is 12.4. The van der Waals surface area contributed by atoms with Gasteiger partial charge in [0, 0.05) is 27.3 Å². The van der Waals surface area contributed by atoms with E-state index in [2.05, 4.69) is 10.2 Å². The molecular formula is C12H16ClN5O. The molecule has 0 unspecified atom stereocenters. The second-order valence-electron chi connectivity index (χ2n) is 4.48. The Balaban J connectivity index is 2.22. The Hall–Kier alpha value is -1.82. The molecule has 0 saturated heterocycles. The summed E-state index contributed by atoms with van der Waals surface area (Å²) < 4.78 is 3.25. The van der Waals surface area contributed by atoms with Crippen molar-refractivity contribution >= 4 is 17.5 Å². The van der Waals surface area contributed by atoms with Crippen LogP contribution >= 0.6 is 11.6 Å². The Morgan fingerprint density at radius 1 is 1.42 bits per heavy atom. The van der Waals surface area contributed by atoms with E-state index in [0.29, 0.717) is 23.0 Å². The van der Waals surface area contributed by atoms with Gasteiger partial charge in [0.1, 0.15) is 5.69 Å². The smallest absolute Gasteiger partial charge is 0.273 e. The lowest BCUT2D eigenvalue weighted by molar-refractivity contribution is 0.0771. The van der Waals surface area contributed by atoms with E-state index in [-0.39, 0.29) is 5.91 Å². The summed E-state index contributed by atoms with van der Waals surface area (Å²) in [6.45, 7) is 2.25. The average molecular weight is 282 g/mol. The van der Waals surface area contributed by atoms with Gasteiger partial charge in [-0.3, -0.25) is 14.2 Å². The Bertz CT molecular complexity index is 616. The van der Waals surface area contributed by atoms with Crippen molar-refractivity contribution in [2.45, 2.75) is 13.5 Å². The summed E-state index contributed by atoms with van der Waals surface area (Å²) in [7, 11) is 5.28. The minimum atomic E-state index is -0.158. The molecule has 1 amide bonds. The fraction of sp³-hybridized carbons (Fsp3) is 0.417. The molecule has 2 rings (SSSR count). The Morgan fingerprint density at radius 2 is 2.11 bits per heavy atom. The molecule has 0 radical (unpaired) electrons. The van der Waals surface area contributed by atoms with Crippen molar-refractivity contribution in [1.82, 2.24) is 24.5 Å². The van der Waals surface area contributed by atoms with Crippen molar-refractivity contribution in [3.63, 3.8) is 0 Å². The summed E-state index contributed by atoms with van der Waals surface area (Å²) in [4.78, 5) is 14.0. The third-order valence-electron chi connectivity index (χ3n) is 3.02. The second kappa shape index (κ2) is 5.05. The first-order valence-corrected chi connectivity index (χ1v) is 6.21. The van der Waals surface area contributed by atoms with Crippen LogP contribution in [0.15, 0.2) is 12.3 Å². The van der Waals surface area contributed by atoms with Crippen molar-refractivity contribution in [2.24, 2.45) is 14.1 Å². The Labute approximate surface area is 116 Å². The summed E-state index contributed by atoms with van der Waals surface area (Å²) in [5.74, 6) is -0.158. The van der Waals surface area contributed by atoms with E-state index in [0.717, 1.165) is 5.69 Å². The van der Waals surface area contributed by atoms with E-state index in [4.69, 9.17) is 11.6 Å². The number of halogens is 1. The standard InChI is InChI=1S/C12H16ClN5O/c1-8-10(13)11(18(4)15-8)12(19)16(2)7-9-5-6-14-17(9)3/h5-6H,7H2,1-4H3. The van der Waals surface area contributed by atoms with Gasteiger partial charge in [0.25, 0.3) is 5.91 Å². The molecule has 0 atom stereocenters. The summed E-state index contributed by atoms with van der Waals surface area (Å²) in [5, 5.41) is 8.63. The molecule has 0 aromatic carbocycles. The van der Waals surface area contributed by atoms with Gasteiger partial charge < -0.3 is 4.90 Å². The van der Waals surface area contributed by atoms with Crippen molar-refractivity contribution in [3.8, 4) is 0 Å². The average Bonchev–Trinajstić information content (AvgIpc) is 2.84. The number of carbonyl (C=O) groups is 1. The van der Waals surface area contributed by atoms with Gasteiger partial charge in [-0.15, -0.1) is 0 Å². The van der Waals surface area contributed by atoms with E-state index in [1.807, 2.05) is 13.1 Å². The first-order valence-electron chi connectivity index (χ1n) is 5.83. The van der Waals surface area contributed by atoms with Crippen LogP contribution in [0.4, 0.5) is 0 Å². The highest BCUT2D eigenvalue weighted by Crippen LogP contribution is 2.21. The summed E-state index contributed by atoms with van der Waals surface area (Å²) in [6.07, 6.45) is 1.70. The first-order chi connectivity index (χ1) is 8.91. The van der Waals surface area contributed by atoms with E-state index >= 15 is 0 Å². The molecular weight excluding hydrogens is 266 g/mol. The van der Waals surface area contributed by atoms with Crippen LogP contribution in [0.3, 0.4) is 0 Å². The number of aromatic nitrogens is 4. The number of hydrogen-bond acceptors (Lipinski definition) is 3. The highest BCUT2D eigenvalue weighted by molar-refractivity contribution is 6.34. The number of aryl methyl sites for hydroxylation is 3. The van der Waals surface area contributed by atoms with Gasteiger partial charge >= 0.3 is 0 Å². The molecule has 0 aliphatic rings. The number of carbonyl (C=O) groups excluding carboxylic acids is 1. The van der Waals surface area contributed by atoms with E-state index in [1.165, 1.54) is 4.68 Å². The predicted octanol–water partition coefficient (Wildman–Crippen LogP) is 1.39. The van der Waals surface area contributed by atoms with Crippen LogP contribution in [0.1, 0.15) is 21.9 Å². The van der Waals surface area contributed by atoms with Crippen LogP contribution < -0.4 is 0 Å². The van der Waals surface area contributed by atoms with E-state index < -0.39 is 0 Å². The first kappa shape index (κ1) is 13.6. The molecule has 0 N–H and O–H groups in total. The Kier molecular flexibility index (Phi) is 3.61. The van der Waals surface area contributed by atoms with Gasteiger partial charge in [-0.25, -0.2) is 0 Å². The topological polar surface area (TPSA) is 56.0 Å². The van der Waals surface area contributed by atoms with Gasteiger partial charge in [-0.05, 0) is 13.0 Å². The lowest BCUT2D eigenvalue weighted by atomic mass is 10.3. The van der Waals surface area contributed by atoms with Gasteiger partial charge in [0.2, 0.25) is 0 Å². The molecule has 0 spiro atoms. The fourth-order valence-electron chi connectivity index (χ4n) is 1.92. The second-order valence-corrected chi connectivity index (χ2v) is 4.86. The predicted molar refractivity (Wildman–Crippen MR) is 72.0 cm³/mol. The SMILES string of the molecule is Cc1nn(C)c(C(=O)N(C)Cc2ccnn2C)c1Cl. The number of hydrogen-bond donors (Lipinski definition) is 0. The van der Waals surface area contributed by atoms with Crippen molar-refractivity contribution in [1.29, 1.82) is 0 Å². The maximum Gasteiger partial charge on any atom is 0.273 e. The van der Waals surface area contributed by atoms with E-state index in [1.54, 1.807) is 36.8 Å². The summed E-state index contributed by atoms with van der Waals surface area (Å²) in [5.41, 5.74) is 2.01. The highest BCUT2D eigenvalue weighted by atomic mass is 35.5.